The van der Waals surface area contributed by atoms with Gasteiger partial charge in [0.2, 0.25) is 29.3 Å². The fourth-order valence-corrected chi connectivity index (χ4v) is 9.20. The van der Waals surface area contributed by atoms with E-state index in [4.69, 9.17) is 0 Å². The maximum atomic E-state index is 13.5. The summed E-state index contributed by atoms with van der Waals surface area (Å²) in [7, 11) is 8.19. The number of aromatic nitrogens is 8. The first-order valence-electron chi connectivity index (χ1n) is 22.5. The van der Waals surface area contributed by atoms with E-state index in [2.05, 4.69) is 46.9 Å². The summed E-state index contributed by atoms with van der Waals surface area (Å²) in [6, 6.07) is 10.8. The molecule has 6 N–H and O–H groups in total. The molecule has 1 spiro atoms. The van der Waals surface area contributed by atoms with Gasteiger partial charge in [-0.3, -0.25) is 38.4 Å². The summed E-state index contributed by atoms with van der Waals surface area (Å²) in [4.78, 5) is 117. The molecule has 2 fully saturated rings. The van der Waals surface area contributed by atoms with Crippen LogP contribution in [0.1, 0.15) is 90.1 Å². The Labute approximate surface area is 405 Å². The third kappa shape index (κ3) is 9.26. The van der Waals surface area contributed by atoms with E-state index in [0.29, 0.717) is 29.2 Å². The lowest BCUT2D eigenvalue weighted by molar-refractivity contribution is -0.124. The molecule has 2 aliphatic carbocycles. The molecule has 1 aromatic carbocycles. The molecule has 1 saturated heterocycles. The van der Waals surface area contributed by atoms with Crippen LogP contribution in [0, 0.1) is 5.92 Å². The lowest BCUT2D eigenvalue weighted by Crippen LogP contribution is -2.32. The maximum Gasteiger partial charge on any atom is 0.292 e. The lowest BCUT2D eigenvalue weighted by atomic mass is 9.81. The minimum absolute atomic E-state index is 0.00572. The van der Waals surface area contributed by atoms with Crippen LogP contribution in [-0.4, -0.2) is 103 Å². The SMILES string of the molecule is CC(=O)Nc1cn(C)c(C(=O)Nc2cn(C)c(C(=O)Nc3cc(C(=O)NCCCC(=O)Nc4cn(C)c(C(=O)Nc5cc(/C=C/C(=O)N6C[C@H]7C[C@@]78C6=CC(=O)c6ccccc68)n(C)c5)n4)n(C)c3)n2)n1. The van der Waals surface area contributed by atoms with Crippen LogP contribution in [0.15, 0.2) is 85.2 Å². The van der Waals surface area contributed by atoms with E-state index >= 15 is 0 Å². The number of aryl methyl sites for hydroxylation is 5. The van der Waals surface area contributed by atoms with Crippen LogP contribution in [-0.2, 0) is 55.0 Å². The van der Waals surface area contributed by atoms with Gasteiger partial charge >= 0.3 is 0 Å². The highest BCUT2D eigenvalue weighted by molar-refractivity contribution is 6.10. The van der Waals surface area contributed by atoms with Crippen LogP contribution in [0.5, 0.6) is 0 Å². The smallest absolute Gasteiger partial charge is 0.292 e. The molecule has 2 atom stereocenters. The number of piperidine rings is 1. The number of fused-ring (bicyclic) bond motifs is 1. The van der Waals surface area contributed by atoms with Crippen molar-refractivity contribution < 1.29 is 38.4 Å². The maximum absolute atomic E-state index is 13.5. The quantitative estimate of drug-likeness (QED) is 0.0642. The van der Waals surface area contributed by atoms with Crippen molar-refractivity contribution in [3.8, 4) is 0 Å². The number of imidazole rings is 3. The summed E-state index contributed by atoms with van der Waals surface area (Å²) in [6.45, 7) is 2.02. The number of nitrogens with one attached hydrogen (secondary N) is 6. The zero-order chi connectivity index (χ0) is 50.5. The van der Waals surface area contributed by atoms with Crippen molar-refractivity contribution in [1.29, 1.82) is 0 Å². The molecule has 0 bridgehead atoms. The summed E-state index contributed by atoms with van der Waals surface area (Å²) in [5.74, 6) is -2.51. The van der Waals surface area contributed by atoms with Gasteiger partial charge in [0.05, 0.1) is 11.4 Å². The summed E-state index contributed by atoms with van der Waals surface area (Å²) in [5, 5.41) is 16.1. The number of carbonyl (C=O) groups is 8. The lowest BCUT2D eigenvalue weighted by Gasteiger charge is -2.28. The number of amides is 7. The number of anilines is 5. The molecular weight excluding hydrogens is 915 g/mol. The Hall–Kier alpha value is -9.15. The molecule has 364 valence electrons. The number of rotatable bonds is 15. The molecule has 1 saturated carbocycles. The highest BCUT2D eigenvalue weighted by Gasteiger charge is 2.67. The van der Waals surface area contributed by atoms with E-state index in [1.807, 2.05) is 24.3 Å². The molecule has 23 nitrogen and oxygen atoms in total. The predicted molar refractivity (Wildman–Crippen MR) is 258 cm³/mol. The summed E-state index contributed by atoms with van der Waals surface area (Å²) < 4.78 is 7.62. The van der Waals surface area contributed by atoms with Gasteiger partial charge in [-0.1, -0.05) is 24.3 Å². The minimum Gasteiger partial charge on any atom is -0.351 e. The molecule has 1 aliphatic heterocycles. The van der Waals surface area contributed by atoms with Crippen molar-refractivity contribution in [2.75, 3.05) is 39.7 Å². The van der Waals surface area contributed by atoms with Crippen LogP contribution in [0.25, 0.3) is 6.08 Å². The van der Waals surface area contributed by atoms with Crippen LogP contribution in [0.4, 0.5) is 28.8 Å². The van der Waals surface area contributed by atoms with Crippen molar-refractivity contribution in [1.82, 2.24) is 48.0 Å². The molecule has 6 heterocycles. The second-order valence-corrected chi connectivity index (χ2v) is 17.7. The van der Waals surface area contributed by atoms with Gasteiger partial charge in [0.1, 0.15) is 5.69 Å². The van der Waals surface area contributed by atoms with Gasteiger partial charge in [0.15, 0.2) is 23.2 Å². The molecule has 3 aliphatic rings. The normalized spacial score (nSPS) is 16.4. The van der Waals surface area contributed by atoms with Gasteiger partial charge in [0.25, 0.3) is 29.5 Å². The first-order valence-corrected chi connectivity index (χ1v) is 22.5. The number of hydrogen-bond acceptors (Lipinski definition) is 11. The largest absolute Gasteiger partial charge is 0.351 e. The Morgan fingerprint density at radius 1 is 0.690 bits per heavy atom. The van der Waals surface area contributed by atoms with Gasteiger partial charge in [0, 0.05) is 127 Å². The van der Waals surface area contributed by atoms with Gasteiger partial charge in [-0.25, -0.2) is 15.0 Å². The molecule has 9 rings (SSSR count). The van der Waals surface area contributed by atoms with Crippen LogP contribution >= 0.6 is 0 Å². The number of likely N-dealkylation sites (tertiary alicyclic amines) is 1. The Morgan fingerprint density at radius 2 is 1.27 bits per heavy atom. The number of benzene rings is 1. The Bertz CT molecular complexity index is 3310. The number of allylic oxidation sites excluding steroid dienone is 2. The van der Waals surface area contributed by atoms with E-state index in [0.717, 1.165) is 17.7 Å². The van der Waals surface area contributed by atoms with E-state index in [9.17, 15) is 38.4 Å². The molecule has 23 heteroatoms. The van der Waals surface area contributed by atoms with E-state index < -0.39 is 23.6 Å². The number of ketones is 1. The number of nitrogens with zero attached hydrogens (tertiary/aromatic N) is 9. The molecule has 5 aromatic heterocycles. The third-order valence-corrected chi connectivity index (χ3v) is 12.6. The topological polar surface area (TPSA) is 275 Å². The minimum atomic E-state index is -0.613. The van der Waals surface area contributed by atoms with E-state index in [1.54, 1.807) is 75.3 Å². The highest BCUT2D eigenvalue weighted by Crippen LogP contribution is 2.66. The molecule has 0 radical (unpaired) electrons. The van der Waals surface area contributed by atoms with Crippen molar-refractivity contribution in [3.05, 3.63) is 125 Å². The summed E-state index contributed by atoms with van der Waals surface area (Å²) >= 11 is 0. The monoisotopic (exact) mass is 963 g/mol. The average molecular weight is 964 g/mol. The third-order valence-electron chi connectivity index (χ3n) is 12.6. The van der Waals surface area contributed by atoms with Crippen molar-refractivity contribution in [2.45, 2.75) is 31.6 Å². The van der Waals surface area contributed by atoms with Gasteiger partial charge in [-0.2, -0.15) is 0 Å². The first-order chi connectivity index (χ1) is 33.9. The number of hydrogen-bond donors (Lipinski definition) is 6. The molecule has 0 unspecified atom stereocenters. The second kappa shape index (κ2) is 18.4. The van der Waals surface area contributed by atoms with Crippen molar-refractivity contribution in [3.63, 3.8) is 0 Å². The highest BCUT2D eigenvalue weighted by atomic mass is 16.2. The zero-order valence-corrected chi connectivity index (χ0v) is 39.5. The van der Waals surface area contributed by atoms with Gasteiger partial charge in [-0.05, 0) is 42.5 Å². The fraction of sp³-hybridized carbons (Fsp3) is 0.271. The van der Waals surface area contributed by atoms with Gasteiger partial charge in [-0.15, -0.1) is 0 Å². The average Bonchev–Trinajstić information content (AvgIpc) is 3.94. The Balaban J connectivity index is 0.716. The predicted octanol–water partition coefficient (Wildman–Crippen LogP) is 3.32. The van der Waals surface area contributed by atoms with E-state index in [-0.39, 0.29) is 94.8 Å². The zero-order valence-electron chi connectivity index (χ0n) is 39.5. The second-order valence-electron chi connectivity index (χ2n) is 17.7. The first kappa shape index (κ1) is 46.9. The summed E-state index contributed by atoms with van der Waals surface area (Å²) in [5.41, 5.74) is 3.84. The number of carbonyl (C=O) groups excluding carboxylic acids is 8. The van der Waals surface area contributed by atoms with Crippen molar-refractivity contribution in [2.24, 2.45) is 41.2 Å². The van der Waals surface area contributed by atoms with Crippen molar-refractivity contribution >= 4 is 82.0 Å². The molecule has 6 aromatic rings. The Morgan fingerprint density at radius 3 is 1.92 bits per heavy atom. The fourth-order valence-electron chi connectivity index (χ4n) is 9.20. The standard InChI is InChI=1S/C48H49N15O8/c1-26(64)50-36-23-60(4)43(54-36)47(71)57-38-25-62(6)42(56-38)46(70)52-29-17-33(59(3)22-29)44(68)49-15-9-12-39(66)53-37-24-61(5)41(55-37)45(69)51-28-16-30(58(2)21-28)13-14-40(67)63-20-27-19-48(27)32-11-8-7-10-31(32)34(65)18-35(48)63/h7-8,10-11,13-14,16-18,21-25,27H,9,12,15,19-20H2,1-6H3,(H,49,68)(H,50,64)(H,51,69)(H,52,70)(H,53,66)(H,57,71)/b14-13+/t27-,48-/m1/s1. The summed E-state index contributed by atoms with van der Waals surface area (Å²) in [6.07, 6.45) is 13.7. The van der Waals surface area contributed by atoms with Gasteiger partial charge < -0.3 is 59.6 Å². The van der Waals surface area contributed by atoms with Crippen LogP contribution in [0.2, 0.25) is 0 Å². The van der Waals surface area contributed by atoms with Crippen LogP contribution in [0.3, 0.4) is 0 Å². The molecular formula is C48H49N15O8. The Kier molecular flexibility index (Phi) is 12.2. The van der Waals surface area contributed by atoms with Crippen LogP contribution < -0.4 is 31.9 Å². The molecule has 7 amide bonds. The van der Waals surface area contributed by atoms with E-state index in [1.165, 1.54) is 55.9 Å². The molecule has 71 heavy (non-hydrogen) atoms.